The van der Waals surface area contributed by atoms with Crippen molar-refractivity contribution in [3.63, 3.8) is 0 Å². The molecule has 2 heterocycles. The molecule has 5 heteroatoms. The molecule has 0 N–H and O–H groups in total. The van der Waals surface area contributed by atoms with Gasteiger partial charge in [0.05, 0.1) is 18.6 Å². The van der Waals surface area contributed by atoms with Crippen LogP contribution in [0.1, 0.15) is 57.7 Å². The van der Waals surface area contributed by atoms with E-state index in [0.717, 1.165) is 30.6 Å². The Hall–Kier alpha value is -1.65. The topological polar surface area (TPSA) is 55.2 Å². The summed E-state index contributed by atoms with van der Waals surface area (Å²) in [5.41, 5.74) is 1.65. The lowest BCUT2D eigenvalue weighted by Gasteiger charge is -2.27. The van der Waals surface area contributed by atoms with E-state index in [9.17, 15) is 9.59 Å². The molecule has 1 amide bonds. The van der Waals surface area contributed by atoms with Crippen LogP contribution in [0.15, 0.2) is 11.1 Å². The van der Waals surface area contributed by atoms with Crippen LogP contribution < -0.4 is 5.56 Å². The average molecular weight is 305 g/mol. The van der Waals surface area contributed by atoms with E-state index in [2.05, 4.69) is 18.8 Å². The van der Waals surface area contributed by atoms with Gasteiger partial charge in [-0.05, 0) is 18.8 Å². The molecule has 5 nitrogen and oxygen atoms in total. The van der Waals surface area contributed by atoms with Gasteiger partial charge in [-0.15, -0.1) is 0 Å². The second kappa shape index (κ2) is 7.56. The molecule has 0 saturated heterocycles. The lowest BCUT2D eigenvalue weighted by molar-refractivity contribution is -0.129. The molecule has 2 rings (SSSR count). The molecule has 1 aliphatic heterocycles. The van der Waals surface area contributed by atoms with Gasteiger partial charge in [0, 0.05) is 25.6 Å². The monoisotopic (exact) mass is 305 g/mol. The van der Waals surface area contributed by atoms with Crippen LogP contribution in [0.4, 0.5) is 0 Å². The van der Waals surface area contributed by atoms with E-state index >= 15 is 0 Å². The molecule has 0 aliphatic carbocycles. The minimum atomic E-state index is 0.0437. The SMILES string of the molecule is CCCC[C@H](CC)Cn1cnc2c(c1=O)CCN(C(C)=O)C2. The first-order valence-electron chi connectivity index (χ1n) is 8.39. The van der Waals surface area contributed by atoms with Crippen LogP contribution in [-0.4, -0.2) is 26.9 Å². The fraction of sp³-hybridized carbons (Fsp3) is 0.706. The van der Waals surface area contributed by atoms with Gasteiger partial charge in [0.2, 0.25) is 5.91 Å². The molecule has 0 saturated carbocycles. The van der Waals surface area contributed by atoms with Crippen molar-refractivity contribution in [3.8, 4) is 0 Å². The van der Waals surface area contributed by atoms with Gasteiger partial charge < -0.3 is 4.90 Å². The maximum Gasteiger partial charge on any atom is 0.256 e. The molecule has 1 aromatic rings. The first-order valence-corrected chi connectivity index (χ1v) is 8.39. The summed E-state index contributed by atoms with van der Waals surface area (Å²) in [4.78, 5) is 30.3. The summed E-state index contributed by atoms with van der Waals surface area (Å²) >= 11 is 0. The zero-order chi connectivity index (χ0) is 16.1. The lowest BCUT2D eigenvalue weighted by atomic mass is 9.99. The Morgan fingerprint density at radius 2 is 2.18 bits per heavy atom. The highest BCUT2D eigenvalue weighted by Crippen LogP contribution is 2.16. The predicted molar refractivity (Wildman–Crippen MR) is 86.6 cm³/mol. The quantitative estimate of drug-likeness (QED) is 0.811. The molecular formula is C17H27N3O2. The smallest absolute Gasteiger partial charge is 0.256 e. The maximum absolute atomic E-state index is 12.6. The summed E-state index contributed by atoms with van der Waals surface area (Å²) in [5.74, 6) is 0.581. The zero-order valence-corrected chi connectivity index (χ0v) is 14.0. The number of carbonyl (C=O) groups excluding carboxylic acids is 1. The maximum atomic E-state index is 12.6. The Kier molecular flexibility index (Phi) is 5.75. The molecular weight excluding hydrogens is 278 g/mol. The zero-order valence-electron chi connectivity index (χ0n) is 14.0. The van der Waals surface area contributed by atoms with E-state index in [1.54, 1.807) is 22.7 Å². The van der Waals surface area contributed by atoms with Gasteiger partial charge in [-0.2, -0.15) is 0 Å². The molecule has 0 bridgehead atoms. The van der Waals surface area contributed by atoms with Gasteiger partial charge in [-0.3, -0.25) is 14.2 Å². The highest BCUT2D eigenvalue weighted by molar-refractivity contribution is 5.73. The number of hydrogen-bond acceptors (Lipinski definition) is 3. The number of carbonyl (C=O) groups is 1. The van der Waals surface area contributed by atoms with E-state index in [4.69, 9.17) is 0 Å². The van der Waals surface area contributed by atoms with E-state index < -0.39 is 0 Å². The Bertz CT molecular complexity index is 580. The first kappa shape index (κ1) is 16.7. The van der Waals surface area contributed by atoms with Crippen molar-refractivity contribution in [1.82, 2.24) is 14.5 Å². The Morgan fingerprint density at radius 1 is 1.41 bits per heavy atom. The summed E-state index contributed by atoms with van der Waals surface area (Å²) in [7, 11) is 0. The van der Waals surface area contributed by atoms with Gasteiger partial charge in [0.15, 0.2) is 0 Å². The third kappa shape index (κ3) is 3.76. The average Bonchev–Trinajstić information content (AvgIpc) is 2.53. The van der Waals surface area contributed by atoms with Gasteiger partial charge in [-0.25, -0.2) is 4.98 Å². The number of unbranched alkanes of at least 4 members (excludes halogenated alkanes) is 1. The second-order valence-corrected chi connectivity index (χ2v) is 6.23. The fourth-order valence-corrected chi connectivity index (χ4v) is 3.05. The number of aromatic nitrogens is 2. The largest absolute Gasteiger partial charge is 0.337 e. The summed E-state index contributed by atoms with van der Waals surface area (Å²) in [5, 5.41) is 0. The summed E-state index contributed by atoms with van der Waals surface area (Å²) in [6.07, 6.45) is 6.93. The Balaban J connectivity index is 2.16. The molecule has 0 radical (unpaired) electrons. The molecule has 22 heavy (non-hydrogen) atoms. The number of hydrogen-bond donors (Lipinski definition) is 0. The molecule has 1 aromatic heterocycles. The highest BCUT2D eigenvalue weighted by atomic mass is 16.2. The molecule has 1 atom stereocenters. The molecule has 0 spiro atoms. The van der Waals surface area contributed by atoms with E-state index in [1.165, 1.54) is 12.8 Å². The molecule has 122 valence electrons. The lowest BCUT2D eigenvalue weighted by Crippen LogP contribution is -2.39. The van der Waals surface area contributed by atoms with Gasteiger partial charge in [-0.1, -0.05) is 33.1 Å². The van der Waals surface area contributed by atoms with E-state index in [-0.39, 0.29) is 11.5 Å². The van der Waals surface area contributed by atoms with Gasteiger partial charge in [0.1, 0.15) is 0 Å². The number of fused-ring (bicyclic) bond motifs is 1. The molecule has 0 fully saturated rings. The Morgan fingerprint density at radius 3 is 2.82 bits per heavy atom. The van der Waals surface area contributed by atoms with Crippen molar-refractivity contribution in [3.05, 3.63) is 27.9 Å². The standard InChI is InChI=1S/C17H27N3O2/c1-4-6-7-14(5-2)10-20-12-18-16-11-19(13(3)21)9-8-15(16)17(20)22/h12,14H,4-11H2,1-3H3/t14-/m0/s1. The van der Waals surface area contributed by atoms with Crippen molar-refractivity contribution in [1.29, 1.82) is 0 Å². The number of amides is 1. The second-order valence-electron chi connectivity index (χ2n) is 6.23. The third-order valence-corrected chi connectivity index (χ3v) is 4.64. The van der Waals surface area contributed by atoms with Crippen molar-refractivity contribution in [2.24, 2.45) is 5.92 Å². The van der Waals surface area contributed by atoms with Crippen LogP contribution in [-0.2, 0) is 24.3 Å². The highest BCUT2D eigenvalue weighted by Gasteiger charge is 2.22. The third-order valence-electron chi connectivity index (χ3n) is 4.64. The van der Waals surface area contributed by atoms with Crippen molar-refractivity contribution in [2.45, 2.75) is 66.0 Å². The first-order chi connectivity index (χ1) is 10.6. The summed E-state index contributed by atoms with van der Waals surface area (Å²) < 4.78 is 1.77. The number of nitrogens with zero attached hydrogens (tertiary/aromatic N) is 3. The normalized spacial score (nSPS) is 15.5. The van der Waals surface area contributed by atoms with Crippen LogP contribution in [0, 0.1) is 5.92 Å². The predicted octanol–water partition coefficient (Wildman–Crippen LogP) is 2.36. The van der Waals surface area contributed by atoms with Crippen LogP contribution >= 0.6 is 0 Å². The fourth-order valence-electron chi connectivity index (χ4n) is 3.05. The van der Waals surface area contributed by atoms with E-state index in [0.29, 0.717) is 25.4 Å². The molecule has 0 aromatic carbocycles. The van der Waals surface area contributed by atoms with Crippen molar-refractivity contribution in [2.75, 3.05) is 6.54 Å². The van der Waals surface area contributed by atoms with Gasteiger partial charge in [0.25, 0.3) is 5.56 Å². The van der Waals surface area contributed by atoms with Gasteiger partial charge >= 0.3 is 0 Å². The Labute approximate surface area is 132 Å². The van der Waals surface area contributed by atoms with Crippen LogP contribution in [0.3, 0.4) is 0 Å². The van der Waals surface area contributed by atoms with Crippen LogP contribution in [0.25, 0.3) is 0 Å². The minimum absolute atomic E-state index is 0.0437. The minimum Gasteiger partial charge on any atom is -0.337 e. The van der Waals surface area contributed by atoms with Crippen LogP contribution in [0.5, 0.6) is 0 Å². The van der Waals surface area contributed by atoms with Crippen molar-refractivity contribution >= 4 is 5.91 Å². The van der Waals surface area contributed by atoms with Crippen molar-refractivity contribution < 1.29 is 4.79 Å². The molecule has 0 unspecified atom stereocenters. The van der Waals surface area contributed by atoms with E-state index in [1.807, 2.05) is 0 Å². The van der Waals surface area contributed by atoms with Crippen LogP contribution in [0.2, 0.25) is 0 Å². The number of rotatable bonds is 6. The molecule has 1 aliphatic rings. The summed E-state index contributed by atoms with van der Waals surface area (Å²) in [6, 6.07) is 0. The summed E-state index contributed by atoms with van der Waals surface area (Å²) in [6.45, 7) is 7.78.